The standard InChI is InChI=1S/C30H40O3/c1-20(31)22-7-5-21(6-8-22)13-16-30(32)18-17-28(2)23(19-30)9-10-24-25-11-12-27(33-4)29(25,3)15-14-26(24)28/h5-8,23-27,32H,9-12,14-15,17-19H2,1-4H3/t23?,24-,25-,26+,27?,28-,29-,30?/m0/s1. The van der Waals surface area contributed by atoms with E-state index in [1.165, 1.54) is 38.5 Å². The molecule has 3 nitrogen and oxygen atoms in total. The normalized spacial score (nSPS) is 44.1. The Morgan fingerprint density at radius 1 is 0.970 bits per heavy atom. The maximum atomic E-state index is 11.5. The van der Waals surface area contributed by atoms with Crippen LogP contribution in [0.15, 0.2) is 24.3 Å². The number of methoxy groups -OCH3 is 1. The largest absolute Gasteiger partial charge is 0.381 e. The molecular formula is C30H40O3. The van der Waals surface area contributed by atoms with Crippen molar-refractivity contribution in [3.05, 3.63) is 35.4 Å². The number of hydrogen-bond donors (Lipinski definition) is 1. The molecule has 0 aliphatic heterocycles. The molecule has 0 radical (unpaired) electrons. The van der Waals surface area contributed by atoms with Crippen molar-refractivity contribution in [2.45, 2.75) is 90.3 Å². The number of benzene rings is 1. The summed E-state index contributed by atoms with van der Waals surface area (Å²) < 4.78 is 5.94. The maximum Gasteiger partial charge on any atom is 0.159 e. The van der Waals surface area contributed by atoms with Crippen molar-refractivity contribution in [3.63, 3.8) is 0 Å². The van der Waals surface area contributed by atoms with Crippen molar-refractivity contribution in [3.8, 4) is 11.8 Å². The van der Waals surface area contributed by atoms with Crippen molar-refractivity contribution in [1.82, 2.24) is 0 Å². The third-order valence-electron chi connectivity index (χ3n) is 10.7. The monoisotopic (exact) mass is 448 g/mol. The van der Waals surface area contributed by atoms with Crippen LogP contribution in [0.1, 0.15) is 94.5 Å². The zero-order chi connectivity index (χ0) is 23.4. The lowest BCUT2D eigenvalue weighted by Gasteiger charge is -2.61. The van der Waals surface area contributed by atoms with Gasteiger partial charge in [-0.15, -0.1) is 0 Å². The highest BCUT2D eigenvalue weighted by Crippen LogP contribution is 2.67. The number of hydrogen-bond acceptors (Lipinski definition) is 3. The van der Waals surface area contributed by atoms with Gasteiger partial charge < -0.3 is 9.84 Å². The molecule has 178 valence electrons. The van der Waals surface area contributed by atoms with Crippen molar-refractivity contribution in [1.29, 1.82) is 0 Å². The number of carbonyl (C=O) groups excluding carboxylic acids is 1. The Labute approximate surface area is 199 Å². The van der Waals surface area contributed by atoms with E-state index in [1.807, 2.05) is 31.4 Å². The molecule has 5 rings (SSSR count). The van der Waals surface area contributed by atoms with E-state index < -0.39 is 5.60 Å². The van der Waals surface area contributed by atoms with Crippen LogP contribution in [-0.4, -0.2) is 29.7 Å². The Morgan fingerprint density at radius 2 is 1.70 bits per heavy atom. The Kier molecular flexibility index (Phi) is 5.78. The lowest BCUT2D eigenvalue weighted by atomic mass is 9.44. The van der Waals surface area contributed by atoms with Crippen molar-refractivity contribution >= 4 is 5.78 Å². The highest BCUT2D eigenvalue weighted by atomic mass is 16.5. The minimum Gasteiger partial charge on any atom is -0.381 e. The van der Waals surface area contributed by atoms with E-state index in [4.69, 9.17) is 4.74 Å². The number of fused-ring (bicyclic) bond motifs is 5. The number of ketones is 1. The summed E-state index contributed by atoms with van der Waals surface area (Å²) in [6.07, 6.45) is 10.8. The van der Waals surface area contributed by atoms with Gasteiger partial charge in [0.2, 0.25) is 0 Å². The summed E-state index contributed by atoms with van der Waals surface area (Å²) in [7, 11) is 1.91. The maximum absolute atomic E-state index is 11.5. The molecule has 0 heterocycles. The minimum atomic E-state index is -0.895. The van der Waals surface area contributed by atoms with Gasteiger partial charge in [-0.25, -0.2) is 0 Å². The Bertz CT molecular complexity index is 970. The SMILES string of the molecule is COC1CC[C@H]2[C@@H]3CCC4CC(O)(C#Cc5ccc(C(C)=O)cc5)CC[C@]4(C)[C@@H]3CC[C@]12C. The summed E-state index contributed by atoms with van der Waals surface area (Å²) in [5.74, 6) is 9.47. The van der Waals surface area contributed by atoms with E-state index in [9.17, 15) is 9.90 Å². The molecule has 1 aromatic carbocycles. The van der Waals surface area contributed by atoms with Crippen LogP contribution in [0.5, 0.6) is 0 Å². The fraction of sp³-hybridized carbons (Fsp3) is 0.700. The first-order chi connectivity index (χ1) is 15.7. The van der Waals surface area contributed by atoms with Crippen LogP contribution >= 0.6 is 0 Å². The van der Waals surface area contributed by atoms with E-state index in [-0.39, 0.29) is 5.78 Å². The molecule has 8 atom stereocenters. The predicted octanol–water partition coefficient (Wildman–Crippen LogP) is 6.03. The molecule has 0 aromatic heterocycles. The van der Waals surface area contributed by atoms with Crippen LogP contribution in [0, 0.1) is 46.3 Å². The van der Waals surface area contributed by atoms with E-state index in [0.717, 1.165) is 42.6 Å². The van der Waals surface area contributed by atoms with Crippen LogP contribution < -0.4 is 0 Å². The second-order valence-electron chi connectivity index (χ2n) is 12.1. The second kappa shape index (κ2) is 8.24. The molecule has 4 aliphatic rings. The smallest absolute Gasteiger partial charge is 0.159 e. The summed E-state index contributed by atoms with van der Waals surface area (Å²) in [4.78, 5) is 11.5. The molecule has 33 heavy (non-hydrogen) atoms. The topological polar surface area (TPSA) is 46.5 Å². The van der Waals surface area contributed by atoms with Crippen LogP contribution in [0.25, 0.3) is 0 Å². The van der Waals surface area contributed by atoms with Crippen LogP contribution in [-0.2, 0) is 4.74 Å². The lowest BCUT2D eigenvalue weighted by Crippen LogP contribution is -2.56. The van der Waals surface area contributed by atoms with Crippen molar-refractivity contribution in [2.24, 2.45) is 34.5 Å². The molecule has 4 aliphatic carbocycles. The summed E-state index contributed by atoms with van der Waals surface area (Å²) >= 11 is 0. The number of Topliss-reactive ketones (excluding diaryl/α,β-unsaturated/α-hetero) is 1. The minimum absolute atomic E-state index is 0.0636. The molecule has 0 spiro atoms. The highest BCUT2D eigenvalue weighted by Gasteiger charge is 2.61. The lowest BCUT2D eigenvalue weighted by molar-refractivity contribution is -0.146. The molecule has 0 amide bonds. The van der Waals surface area contributed by atoms with Crippen LogP contribution in [0.2, 0.25) is 0 Å². The molecule has 4 saturated carbocycles. The van der Waals surface area contributed by atoms with Gasteiger partial charge in [0.05, 0.1) is 6.10 Å². The van der Waals surface area contributed by atoms with Gasteiger partial charge in [0.25, 0.3) is 0 Å². The van der Waals surface area contributed by atoms with Crippen molar-refractivity contribution < 1.29 is 14.6 Å². The quantitative estimate of drug-likeness (QED) is 0.444. The second-order valence-corrected chi connectivity index (χ2v) is 12.1. The number of aliphatic hydroxyl groups is 1. The molecule has 0 saturated heterocycles. The van der Waals surface area contributed by atoms with Crippen molar-refractivity contribution in [2.75, 3.05) is 7.11 Å². The predicted molar refractivity (Wildman–Crippen MR) is 131 cm³/mol. The van der Waals surface area contributed by atoms with Crippen LogP contribution in [0.3, 0.4) is 0 Å². The van der Waals surface area contributed by atoms with E-state index in [1.54, 1.807) is 6.92 Å². The average Bonchev–Trinajstić information content (AvgIpc) is 3.15. The number of ether oxygens (including phenoxy) is 1. The molecule has 0 bridgehead atoms. The molecule has 3 unspecified atom stereocenters. The Morgan fingerprint density at radius 3 is 2.39 bits per heavy atom. The fourth-order valence-corrected chi connectivity index (χ4v) is 8.67. The van der Waals surface area contributed by atoms with Gasteiger partial charge >= 0.3 is 0 Å². The van der Waals surface area contributed by atoms with Gasteiger partial charge in [-0.05, 0) is 111 Å². The Hall–Kier alpha value is -1.63. The summed E-state index contributed by atoms with van der Waals surface area (Å²) in [5, 5.41) is 11.4. The third-order valence-corrected chi connectivity index (χ3v) is 10.7. The van der Waals surface area contributed by atoms with E-state index in [0.29, 0.717) is 28.4 Å². The first-order valence-electron chi connectivity index (χ1n) is 13.1. The number of rotatable bonds is 2. The molecule has 1 N–H and O–H groups in total. The van der Waals surface area contributed by atoms with Gasteiger partial charge in [0, 0.05) is 18.2 Å². The Balaban J connectivity index is 1.32. The van der Waals surface area contributed by atoms with Gasteiger partial charge in [-0.3, -0.25) is 4.79 Å². The fourth-order valence-electron chi connectivity index (χ4n) is 8.67. The number of carbonyl (C=O) groups is 1. The van der Waals surface area contributed by atoms with Gasteiger partial charge in [-0.1, -0.05) is 37.8 Å². The first kappa shape index (κ1) is 23.1. The zero-order valence-corrected chi connectivity index (χ0v) is 20.8. The van der Waals surface area contributed by atoms with Gasteiger partial charge in [0.15, 0.2) is 5.78 Å². The highest BCUT2D eigenvalue weighted by molar-refractivity contribution is 5.94. The zero-order valence-electron chi connectivity index (χ0n) is 20.8. The summed E-state index contributed by atoms with van der Waals surface area (Å²) in [6, 6.07) is 7.42. The molecule has 4 fully saturated rings. The van der Waals surface area contributed by atoms with Gasteiger partial charge in [-0.2, -0.15) is 0 Å². The summed E-state index contributed by atoms with van der Waals surface area (Å²) in [5.41, 5.74) is 1.36. The summed E-state index contributed by atoms with van der Waals surface area (Å²) in [6.45, 7) is 6.61. The van der Waals surface area contributed by atoms with E-state index in [2.05, 4.69) is 25.7 Å². The van der Waals surface area contributed by atoms with Gasteiger partial charge in [0.1, 0.15) is 5.60 Å². The molecular weight excluding hydrogens is 408 g/mol. The molecule has 3 heteroatoms. The average molecular weight is 449 g/mol. The van der Waals surface area contributed by atoms with Crippen LogP contribution in [0.4, 0.5) is 0 Å². The molecule has 1 aromatic rings. The first-order valence-corrected chi connectivity index (χ1v) is 13.1. The third kappa shape index (κ3) is 3.78. The van der Waals surface area contributed by atoms with E-state index >= 15 is 0 Å².